The molecule has 0 aliphatic heterocycles. The van der Waals surface area contributed by atoms with E-state index in [0.717, 1.165) is 6.42 Å². The van der Waals surface area contributed by atoms with Crippen molar-refractivity contribution >= 4 is 21.6 Å². The van der Waals surface area contributed by atoms with Crippen LogP contribution >= 0.6 is 0 Å². The molecule has 0 aliphatic carbocycles. The van der Waals surface area contributed by atoms with Crippen molar-refractivity contribution in [3.63, 3.8) is 0 Å². The van der Waals surface area contributed by atoms with E-state index in [1.807, 2.05) is 13.8 Å². The maximum absolute atomic E-state index is 12.0. The fraction of sp³-hybridized carbons (Fsp3) is 0.533. The van der Waals surface area contributed by atoms with Gasteiger partial charge in [0.15, 0.2) is 0 Å². The lowest BCUT2D eigenvalue weighted by Crippen LogP contribution is -2.25. The van der Waals surface area contributed by atoms with E-state index < -0.39 is 10.0 Å². The molecule has 0 spiro atoms. The van der Waals surface area contributed by atoms with Crippen molar-refractivity contribution in [1.29, 1.82) is 0 Å². The first-order chi connectivity index (χ1) is 10.3. The van der Waals surface area contributed by atoms with Crippen molar-refractivity contribution in [1.82, 2.24) is 5.32 Å². The van der Waals surface area contributed by atoms with Gasteiger partial charge < -0.3 is 10.1 Å². The van der Waals surface area contributed by atoms with Gasteiger partial charge in [0.1, 0.15) is 0 Å². The molecule has 0 aliphatic rings. The van der Waals surface area contributed by atoms with Crippen LogP contribution in [0.15, 0.2) is 24.3 Å². The third kappa shape index (κ3) is 6.91. The smallest absolute Gasteiger partial charge is 0.251 e. The molecular formula is C15H24N2O4S. The quantitative estimate of drug-likeness (QED) is 0.679. The summed E-state index contributed by atoms with van der Waals surface area (Å²) in [5.74, 6) is -0.249. The zero-order valence-electron chi connectivity index (χ0n) is 13.3. The van der Waals surface area contributed by atoms with E-state index in [-0.39, 0.29) is 17.8 Å². The monoisotopic (exact) mass is 328 g/mol. The van der Waals surface area contributed by atoms with Crippen molar-refractivity contribution in [2.45, 2.75) is 33.3 Å². The average Bonchev–Trinajstić information content (AvgIpc) is 2.46. The molecule has 0 saturated carbocycles. The summed E-state index contributed by atoms with van der Waals surface area (Å²) in [6, 6.07) is 6.42. The number of carbonyl (C=O) groups excluding carboxylic acids is 1. The summed E-state index contributed by atoms with van der Waals surface area (Å²) in [4.78, 5) is 12.0. The molecule has 0 aromatic heterocycles. The van der Waals surface area contributed by atoms with Crippen LogP contribution in [-0.4, -0.2) is 39.3 Å². The molecule has 0 saturated heterocycles. The molecule has 0 bridgehead atoms. The maximum Gasteiger partial charge on any atom is 0.251 e. The number of benzene rings is 1. The summed E-state index contributed by atoms with van der Waals surface area (Å²) in [5, 5.41) is 2.78. The Hall–Kier alpha value is -1.60. The number of carbonyl (C=O) groups is 1. The zero-order valence-corrected chi connectivity index (χ0v) is 14.1. The molecule has 0 radical (unpaired) electrons. The number of nitrogens with one attached hydrogen (secondary N) is 2. The Morgan fingerprint density at radius 1 is 1.32 bits per heavy atom. The summed E-state index contributed by atoms with van der Waals surface area (Å²) in [7, 11) is -3.35. The average molecular weight is 328 g/mol. The third-order valence-electron chi connectivity index (χ3n) is 2.84. The zero-order chi connectivity index (χ0) is 16.6. The molecule has 2 N–H and O–H groups in total. The summed E-state index contributed by atoms with van der Waals surface area (Å²) in [6.07, 6.45) is 0.908. The van der Waals surface area contributed by atoms with Crippen molar-refractivity contribution < 1.29 is 17.9 Å². The number of anilines is 1. The third-order valence-corrected chi connectivity index (χ3v) is 4.14. The minimum absolute atomic E-state index is 0.0146. The van der Waals surface area contributed by atoms with Crippen LogP contribution in [0, 0.1) is 0 Å². The first-order valence-electron chi connectivity index (χ1n) is 7.34. The van der Waals surface area contributed by atoms with Gasteiger partial charge in [0.25, 0.3) is 5.91 Å². The fourth-order valence-electron chi connectivity index (χ4n) is 1.67. The second-order valence-electron chi connectivity index (χ2n) is 5.12. The Kier molecular flexibility index (Phi) is 7.34. The van der Waals surface area contributed by atoms with Crippen molar-refractivity contribution in [2.24, 2.45) is 0 Å². The highest BCUT2D eigenvalue weighted by Crippen LogP contribution is 2.12. The molecule has 22 heavy (non-hydrogen) atoms. The Labute approximate surface area is 132 Å². The van der Waals surface area contributed by atoms with Gasteiger partial charge in [-0.3, -0.25) is 9.52 Å². The molecule has 0 unspecified atom stereocenters. The van der Waals surface area contributed by atoms with Crippen LogP contribution in [0.4, 0.5) is 5.69 Å². The van der Waals surface area contributed by atoms with Gasteiger partial charge in [0, 0.05) is 24.4 Å². The van der Waals surface area contributed by atoms with Crippen LogP contribution in [-0.2, 0) is 14.8 Å². The Balaban J connectivity index is 2.52. The molecule has 124 valence electrons. The molecule has 0 atom stereocenters. The largest absolute Gasteiger partial charge is 0.379 e. The van der Waals surface area contributed by atoms with Gasteiger partial charge in [-0.15, -0.1) is 0 Å². The van der Waals surface area contributed by atoms with Crippen LogP contribution in [0.2, 0.25) is 0 Å². The predicted molar refractivity (Wildman–Crippen MR) is 87.6 cm³/mol. The van der Waals surface area contributed by atoms with Crippen molar-refractivity contribution in [2.75, 3.05) is 23.6 Å². The molecule has 1 aromatic carbocycles. The highest BCUT2D eigenvalue weighted by Gasteiger charge is 2.09. The number of hydrogen-bond donors (Lipinski definition) is 2. The summed E-state index contributed by atoms with van der Waals surface area (Å²) in [6.45, 7) is 6.58. The normalized spacial score (nSPS) is 11.5. The van der Waals surface area contributed by atoms with E-state index in [1.54, 1.807) is 25.1 Å². The minimum atomic E-state index is -3.35. The molecule has 0 heterocycles. The van der Waals surface area contributed by atoms with Gasteiger partial charge in [0.2, 0.25) is 10.0 Å². The summed E-state index contributed by atoms with van der Waals surface area (Å²) < 4.78 is 30.9. The lowest BCUT2D eigenvalue weighted by Gasteiger charge is -2.10. The molecule has 6 nitrogen and oxygen atoms in total. The van der Waals surface area contributed by atoms with E-state index in [2.05, 4.69) is 10.0 Å². The highest BCUT2D eigenvalue weighted by molar-refractivity contribution is 7.92. The van der Waals surface area contributed by atoms with Gasteiger partial charge in [-0.25, -0.2) is 8.42 Å². The van der Waals surface area contributed by atoms with E-state index in [4.69, 9.17) is 4.74 Å². The van der Waals surface area contributed by atoms with Crippen molar-refractivity contribution in [3.8, 4) is 0 Å². The fourth-order valence-corrected chi connectivity index (χ4v) is 2.30. The van der Waals surface area contributed by atoms with Gasteiger partial charge >= 0.3 is 0 Å². The summed E-state index contributed by atoms with van der Waals surface area (Å²) >= 11 is 0. The first kappa shape index (κ1) is 18.4. The highest BCUT2D eigenvalue weighted by atomic mass is 32.2. The van der Waals surface area contributed by atoms with Gasteiger partial charge in [0.05, 0.1) is 11.9 Å². The molecule has 1 aromatic rings. The minimum Gasteiger partial charge on any atom is -0.379 e. The summed E-state index contributed by atoms with van der Waals surface area (Å²) in [5.41, 5.74) is 0.804. The maximum atomic E-state index is 12.0. The molecular weight excluding hydrogens is 304 g/mol. The molecule has 1 rings (SSSR count). The lowest BCUT2D eigenvalue weighted by molar-refractivity contribution is 0.0757. The number of sulfonamides is 1. The molecule has 7 heteroatoms. The van der Waals surface area contributed by atoms with E-state index in [0.29, 0.717) is 24.4 Å². The number of hydrogen-bond acceptors (Lipinski definition) is 4. The lowest BCUT2D eigenvalue weighted by atomic mass is 10.2. The Morgan fingerprint density at radius 3 is 2.68 bits per heavy atom. The van der Waals surface area contributed by atoms with E-state index in [9.17, 15) is 13.2 Å². The van der Waals surface area contributed by atoms with Crippen LogP contribution in [0.25, 0.3) is 0 Å². The van der Waals surface area contributed by atoms with Crippen LogP contribution < -0.4 is 10.0 Å². The van der Waals surface area contributed by atoms with E-state index >= 15 is 0 Å². The van der Waals surface area contributed by atoms with Crippen LogP contribution in [0.5, 0.6) is 0 Å². The molecule has 1 amide bonds. The standard InChI is InChI=1S/C15H24N2O4S/c1-4-22(19,20)17-14-8-5-7-13(11-14)15(18)16-9-6-10-21-12(2)3/h5,7-8,11-12,17H,4,6,9-10H2,1-3H3,(H,16,18). The Bertz CT molecular complexity index is 585. The molecule has 0 fully saturated rings. The van der Waals surface area contributed by atoms with Crippen molar-refractivity contribution in [3.05, 3.63) is 29.8 Å². The first-order valence-corrected chi connectivity index (χ1v) is 8.99. The van der Waals surface area contributed by atoms with Gasteiger partial charge in [-0.05, 0) is 45.4 Å². The SMILES string of the molecule is CCS(=O)(=O)Nc1cccc(C(=O)NCCCOC(C)C)c1. The number of ether oxygens (including phenoxy) is 1. The second-order valence-corrected chi connectivity index (χ2v) is 7.13. The van der Waals surface area contributed by atoms with Crippen LogP contribution in [0.3, 0.4) is 0 Å². The second kappa shape index (κ2) is 8.75. The topological polar surface area (TPSA) is 84.5 Å². The number of amides is 1. The predicted octanol–water partition coefficient (Wildman–Crippen LogP) is 1.99. The Morgan fingerprint density at radius 2 is 2.05 bits per heavy atom. The van der Waals surface area contributed by atoms with E-state index in [1.165, 1.54) is 6.07 Å². The van der Waals surface area contributed by atoms with Gasteiger partial charge in [-0.2, -0.15) is 0 Å². The number of rotatable bonds is 9. The van der Waals surface area contributed by atoms with Gasteiger partial charge in [-0.1, -0.05) is 6.07 Å². The van der Waals surface area contributed by atoms with Crippen LogP contribution in [0.1, 0.15) is 37.6 Å².